The van der Waals surface area contributed by atoms with Crippen LogP contribution in [-0.4, -0.2) is 47.6 Å². The predicted octanol–water partition coefficient (Wildman–Crippen LogP) is 5.83. The lowest BCUT2D eigenvalue weighted by molar-refractivity contribution is -0.155. The van der Waals surface area contributed by atoms with Crippen LogP contribution in [0.15, 0.2) is 35.5 Å². The Morgan fingerprint density at radius 3 is 2.58 bits per heavy atom. The van der Waals surface area contributed by atoms with Crippen LogP contribution < -0.4 is 10.7 Å². The quantitative estimate of drug-likeness (QED) is 0.255. The van der Waals surface area contributed by atoms with Gasteiger partial charge in [0, 0.05) is 50.8 Å². The van der Waals surface area contributed by atoms with Crippen molar-refractivity contribution in [2.24, 2.45) is 5.92 Å². The van der Waals surface area contributed by atoms with Crippen LogP contribution in [0, 0.1) is 17.2 Å². The zero-order valence-electron chi connectivity index (χ0n) is 22.2. The maximum absolute atomic E-state index is 13.1. The fourth-order valence-electron chi connectivity index (χ4n) is 5.18. The highest BCUT2D eigenvalue weighted by Gasteiger charge is 2.39. The summed E-state index contributed by atoms with van der Waals surface area (Å²) in [4.78, 5) is 17.3. The smallest absolute Gasteiger partial charge is 0.361 e. The summed E-state index contributed by atoms with van der Waals surface area (Å²) in [6.07, 6.45) is 3.51. The van der Waals surface area contributed by atoms with E-state index in [-0.39, 0.29) is 23.9 Å². The monoisotopic (exact) mass is 547 g/mol. The van der Waals surface area contributed by atoms with Gasteiger partial charge in [-0.05, 0) is 50.3 Å². The second-order valence-electron chi connectivity index (χ2n) is 11.5. The Balaban J connectivity index is 1.49. The number of nitrogens with zero attached hydrogens (tertiary/aromatic N) is 4. The third kappa shape index (κ3) is 6.65. The molecule has 1 atom stereocenters. The summed E-state index contributed by atoms with van der Waals surface area (Å²) in [6.45, 7) is 8.27. The fourth-order valence-corrected chi connectivity index (χ4v) is 5.93. The van der Waals surface area contributed by atoms with Gasteiger partial charge >= 0.3 is 6.18 Å². The van der Waals surface area contributed by atoms with Crippen molar-refractivity contribution in [1.82, 2.24) is 19.4 Å². The van der Waals surface area contributed by atoms with Gasteiger partial charge in [-0.15, -0.1) is 0 Å². The first kappa shape index (κ1) is 28.3. The number of hydrogen-bond donors (Lipinski definition) is 1. The molecule has 0 aromatic carbocycles. The molecule has 3 heterocycles. The van der Waals surface area contributed by atoms with Crippen molar-refractivity contribution >= 4 is 30.0 Å². The summed E-state index contributed by atoms with van der Waals surface area (Å²) in [7, 11) is -1.19. The normalized spacial score (nSPS) is 19.6. The molecule has 4 rings (SSSR count). The molecule has 0 aliphatic heterocycles. The average Bonchev–Trinajstić information content (AvgIpc) is 3.27. The highest BCUT2D eigenvalue weighted by Crippen LogP contribution is 2.35. The van der Waals surface area contributed by atoms with E-state index < -0.39 is 26.7 Å². The first-order chi connectivity index (χ1) is 18.0. The Morgan fingerprint density at radius 2 is 1.92 bits per heavy atom. The summed E-state index contributed by atoms with van der Waals surface area (Å²) >= 11 is 0. The van der Waals surface area contributed by atoms with Crippen molar-refractivity contribution in [2.45, 2.75) is 82.8 Å². The molecule has 1 N–H and O–H groups in total. The molecular formula is C27H36F3N5O2Si. The molecule has 1 fully saturated rings. The van der Waals surface area contributed by atoms with Crippen molar-refractivity contribution in [3.05, 3.63) is 40.9 Å². The Labute approximate surface area is 221 Å². The van der Waals surface area contributed by atoms with Gasteiger partial charge in [-0.25, -0.2) is 4.98 Å². The number of rotatable bonds is 10. The minimum absolute atomic E-state index is 0.0849. The van der Waals surface area contributed by atoms with Gasteiger partial charge < -0.3 is 19.2 Å². The Bertz CT molecular complexity index is 1350. The van der Waals surface area contributed by atoms with Gasteiger partial charge in [-0.1, -0.05) is 19.6 Å². The molecule has 206 valence electrons. The van der Waals surface area contributed by atoms with E-state index in [0.717, 1.165) is 48.3 Å². The van der Waals surface area contributed by atoms with Crippen LogP contribution in [0.1, 0.15) is 38.1 Å². The van der Waals surface area contributed by atoms with Crippen LogP contribution in [-0.2, 0) is 11.5 Å². The largest absolute Gasteiger partial charge is 0.404 e. The molecule has 7 nitrogen and oxygen atoms in total. The average molecular weight is 548 g/mol. The highest BCUT2D eigenvalue weighted by atomic mass is 28.3. The topological polar surface area (TPSA) is 84.9 Å². The maximum Gasteiger partial charge on any atom is 0.404 e. The molecule has 1 unspecified atom stereocenters. The second kappa shape index (κ2) is 11.6. The van der Waals surface area contributed by atoms with Crippen LogP contribution in [0.3, 0.4) is 0 Å². The van der Waals surface area contributed by atoms with E-state index in [2.05, 4.69) is 34.5 Å². The van der Waals surface area contributed by atoms with E-state index in [1.807, 2.05) is 23.0 Å². The summed E-state index contributed by atoms with van der Waals surface area (Å²) in [5, 5.41) is 12.8. The number of nitrogens with one attached hydrogen (secondary N) is 1. The van der Waals surface area contributed by atoms with Crippen LogP contribution in [0.5, 0.6) is 0 Å². The van der Waals surface area contributed by atoms with Gasteiger partial charge in [0.15, 0.2) is 5.43 Å². The molecule has 38 heavy (non-hydrogen) atoms. The zero-order valence-corrected chi connectivity index (χ0v) is 23.2. The Hall–Kier alpha value is -2.68. The second-order valence-corrected chi connectivity index (χ2v) is 17.1. The van der Waals surface area contributed by atoms with Gasteiger partial charge in [0.05, 0.1) is 23.4 Å². The van der Waals surface area contributed by atoms with Crippen LogP contribution in [0.2, 0.25) is 25.7 Å². The lowest BCUT2D eigenvalue weighted by Gasteiger charge is -2.32. The first-order valence-corrected chi connectivity index (χ1v) is 16.9. The van der Waals surface area contributed by atoms with Crippen molar-refractivity contribution in [1.29, 1.82) is 5.26 Å². The number of aromatic nitrogens is 3. The summed E-state index contributed by atoms with van der Waals surface area (Å²) in [5.41, 5.74) is 1.52. The SMILES string of the molecule is C[Si](C)(C)CCOCn1ccc2c1ncc1c(=O)ccn([C@H]3CC[C@H](CNC(CC#N)C(F)(F)F)CC3)c12. The third-order valence-corrected chi connectivity index (χ3v) is 9.15. The standard InChI is InChI=1S/C27H36F3N5O2Si/c1-38(2,3)15-14-37-18-34-12-9-21-25-22(17-33-26(21)34)23(36)10-13-35(25)20-6-4-19(5-7-20)16-32-24(8-11-31)27(28,29)30/h9-10,12-13,17,19-20,24,32H,4-8,14-16,18H2,1-3H3/t19-,20-,24?. The van der Waals surface area contributed by atoms with E-state index in [1.165, 1.54) is 0 Å². The molecule has 11 heteroatoms. The summed E-state index contributed by atoms with van der Waals surface area (Å²) in [5.74, 6) is 0.108. The van der Waals surface area contributed by atoms with Crippen LogP contribution in [0.4, 0.5) is 13.2 Å². The van der Waals surface area contributed by atoms with E-state index in [9.17, 15) is 18.0 Å². The summed E-state index contributed by atoms with van der Waals surface area (Å²) < 4.78 is 49.4. The number of nitriles is 1. The fraction of sp³-hybridized carbons (Fsp3) is 0.593. The highest BCUT2D eigenvalue weighted by molar-refractivity contribution is 6.76. The minimum Gasteiger partial charge on any atom is -0.361 e. The molecule has 0 amide bonds. The summed E-state index contributed by atoms with van der Waals surface area (Å²) in [6, 6.07) is 4.58. The van der Waals surface area contributed by atoms with Gasteiger partial charge in [0.2, 0.25) is 0 Å². The third-order valence-electron chi connectivity index (χ3n) is 7.45. The molecule has 3 aromatic heterocycles. The van der Waals surface area contributed by atoms with E-state index in [1.54, 1.807) is 18.3 Å². The number of fused-ring (bicyclic) bond motifs is 3. The Kier molecular flexibility index (Phi) is 8.64. The molecule has 0 bridgehead atoms. The molecule has 3 aromatic rings. The zero-order chi connectivity index (χ0) is 27.5. The van der Waals surface area contributed by atoms with Gasteiger partial charge in [-0.3, -0.25) is 4.79 Å². The molecule has 1 saturated carbocycles. The van der Waals surface area contributed by atoms with Gasteiger partial charge in [-0.2, -0.15) is 18.4 Å². The van der Waals surface area contributed by atoms with Gasteiger partial charge in [0.25, 0.3) is 0 Å². The molecular weight excluding hydrogens is 511 g/mol. The predicted molar refractivity (Wildman–Crippen MR) is 145 cm³/mol. The molecule has 1 aliphatic rings. The first-order valence-electron chi connectivity index (χ1n) is 13.2. The Morgan fingerprint density at radius 1 is 1.18 bits per heavy atom. The van der Waals surface area contributed by atoms with Crippen molar-refractivity contribution in [3.8, 4) is 6.07 Å². The lowest BCUT2D eigenvalue weighted by Crippen LogP contribution is -2.44. The van der Waals surface area contributed by atoms with Crippen LogP contribution >= 0.6 is 0 Å². The number of halogens is 3. The minimum atomic E-state index is -4.43. The van der Waals surface area contributed by atoms with Crippen molar-refractivity contribution < 1.29 is 17.9 Å². The molecule has 0 spiro atoms. The molecule has 0 saturated heterocycles. The van der Waals surface area contributed by atoms with Crippen molar-refractivity contribution in [2.75, 3.05) is 13.2 Å². The van der Waals surface area contributed by atoms with E-state index >= 15 is 0 Å². The number of pyridine rings is 2. The lowest BCUT2D eigenvalue weighted by atomic mass is 9.85. The molecule has 0 radical (unpaired) electrons. The van der Waals surface area contributed by atoms with Crippen molar-refractivity contribution in [3.63, 3.8) is 0 Å². The van der Waals surface area contributed by atoms with Crippen LogP contribution in [0.25, 0.3) is 21.9 Å². The molecule has 1 aliphatic carbocycles. The van der Waals surface area contributed by atoms with E-state index in [4.69, 9.17) is 10.00 Å². The number of ether oxygens (including phenoxy) is 1. The van der Waals surface area contributed by atoms with E-state index in [0.29, 0.717) is 18.7 Å². The maximum atomic E-state index is 13.1. The van der Waals surface area contributed by atoms with Gasteiger partial charge in [0.1, 0.15) is 18.4 Å². The number of alkyl halides is 3. The number of hydrogen-bond acceptors (Lipinski definition) is 5.